The van der Waals surface area contributed by atoms with Crippen LogP contribution in [0.4, 0.5) is 4.39 Å². The van der Waals surface area contributed by atoms with Crippen molar-refractivity contribution in [2.45, 2.75) is 6.54 Å². The zero-order chi connectivity index (χ0) is 24.8. The third-order valence-corrected chi connectivity index (χ3v) is 5.13. The molecule has 1 fully saturated rings. The van der Waals surface area contributed by atoms with Crippen molar-refractivity contribution in [1.82, 2.24) is 15.1 Å². The van der Waals surface area contributed by atoms with Gasteiger partial charge >= 0.3 is 0 Å². The van der Waals surface area contributed by atoms with Crippen molar-refractivity contribution in [2.75, 3.05) is 39.9 Å². The van der Waals surface area contributed by atoms with Crippen LogP contribution in [0.25, 0.3) is 6.08 Å². The number of carbonyl (C=O) groups excluding carboxylic acids is 2. The smallest absolute Gasteiger partial charge is 0.251 e. The molecule has 0 radical (unpaired) electrons. The number of benzene rings is 2. The molecule has 0 spiro atoms. The van der Waals surface area contributed by atoms with Crippen molar-refractivity contribution >= 4 is 38.7 Å². The number of hydrogen-bond donors (Lipinski definition) is 1. The maximum atomic E-state index is 13.0. The summed E-state index contributed by atoms with van der Waals surface area (Å²) in [4.78, 5) is 28.6. The van der Waals surface area contributed by atoms with Gasteiger partial charge in [-0.1, -0.05) is 36.5 Å². The number of terminal acetylenes is 1. The molecule has 1 saturated heterocycles. The number of amides is 2. The van der Waals surface area contributed by atoms with Crippen LogP contribution in [0.3, 0.4) is 0 Å². The van der Waals surface area contributed by atoms with Crippen molar-refractivity contribution in [3.05, 3.63) is 76.1 Å². The molecule has 3 rings (SSSR count). The van der Waals surface area contributed by atoms with Crippen molar-refractivity contribution in [3.8, 4) is 12.8 Å². The van der Waals surface area contributed by atoms with E-state index in [0.29, 0.717) is 29.2 Å². The van der Waals surface area contributed by atoms with Crippen LogP contribution in [0.5, 0.6) is 0 Å². The van der Waals surface area contributed by atoms with E-state index in [0.717, 1.165) is 25.2 Å². The Morgan fingerprint density at radius 1 is 1.09 bits per heavy atom. The monoisotopic (exact) mass is 489 g/mol. The van der Waals surface area contributed by atoms with Crippen LogP contribution in [0.1, 0.15) is 21.5 Å². The van der Waals surface area contributed by atoms with Gasteiger partial charge in [0, 0.05) is 56.4 Å². The minimum absolute atomic E-state index is 0.0933. The minimum Gasteiger partial charge on any atom is -0.355 e. The summed E-state index contributed by atoms with van der Waals surface area (Å²) in [5.74, 6) is -0.588. The van der Waals surface area contributed by atoms with Gasteiger partial charge in [0.1, 0.15) is 5.82 Å². The molecule has 2 aromatic rings. The highest BCUT2D eigenvalue weighted by Crippen LogP contribution is 2.18. The third-order valence-electron chi connectivity index (χ3n) is 4.90. The standard InChI is InChI=1S/C22H23ClFN3O2.C2H2.CH5P/c1-25-22(29)20-14-18(23)6-4-17(20)5-9-21(28)27-12-10-26(11-13-27)15-16-2-7-19(24)8-3-16;2*1-2/h2-9,14H,10-13,15H2,1H3,(H,25,29);1-2H;2H2,1H3/b9-5+;;. The first-order valence-electron chi connectivity index (χ1n) is 10.3. The highest BCUT2D eigenvalue weighted by molar-refractivity contribution is 7.15. The van der Waals surface area contributed by atoms with Crippen LogP contribution < -0.4 is 5.32 Å². The average molecular weight is 490 g/mol. The predicted octanol–water partition coefficient (Wildman–Crippen LogP) is 3.94. The predicted molar refractivity (Wildman–Crippen MR) is 138 cm³/mol. The van der Waals surface area contributed by atoms with Gasteiger partial charge in [-0.25, -0.2) is 4.39 Å². The van der Waals surface area contributed by atoms with Gasteiger partial charge in [-0.15, -0.1) is 22.1 Å². The Kier molecular flexibility index (Phi) is 13.0. The van der Waals surface area contributed by atoms with Crippen LogP contribution in [-0.4, -0.2) is 61.5 Å². The molecule has 5 nitrogen and oxygen atoms in total. The fraction of sp³-hybridized carbons (Fsp3) is 0.280. The maximum absolute atomic E-state index is 13.0. The van der Waals surface area contributed by atoms with Gasteiger partial charge in [0.05, 0.1) is 0 Å². The van der Waals surface area contributed by atoms with Crippen molar-refractivity contribution in [2.24, 2.45) is 0 Å². The van der Waals surface area contributed by atoms with Crippen LogP contribution >= 0.6 is 20.8 Å². The molecular formula is C25H30ClFN3O2P. The van der Waals surface area contributed by atoms with E-state index >= 15 is 0 Å². The van der Waals surface area contributed by atoms with Gasteiger partial charge < -0.3 is 10.2 Å². The number of nitrogens with one attached hydrogen (secondary N) is 1. The van der Waals surface area contributed by atoms with E-state index in [1.807, 2.05) is 6.66 Å². The fourth-order valence-corrected chi connectivity index (χ4v) is 3.42. The first-order valence-corrected chi connectivity index (χ1v) is 11.9. The number of piperazine rings is 1. The second-order valence-corrected chi connectivity index (χ2v) is 7.31. The quantitative estimate of drug-likeness (QED) is 0.393. The Morgan fingerprint density at radius 2 is 1.70 bits per heavy atom. The molecule has 1 N–H and O–H groups in total. The molecule has 176 valence electrons. The summed E-state index contributed by atoms with van der Waals surface area (Å²) in [5.41, 5.74) is 2.11. The Balaban J connectivity index is 0.00000129. The molecule has 0 saturated carbocycles. The molecule has 1 heterocycles. The molecule has 33 heavy (non-hydrogen) atoms. The zero-order valence-corrected chi connectivity index (χ0v) is 20.8. The lowest BCUT2D eigenvalue weighted by Crippen LogP contribution is -2.47. The number of hydrogen-bond acceptors (Lipinski definition) is 3. The Labute approximate surface area is 203 Å². The summed E-state index contributed by atoms with van der Waals surface area (Å²) >= 11 is 5.98. The second kappa shape index (κ2) is 15.2. The molecule has 8 heteroatoms. The Hall–Kier alpha value is -2.71. The van der Waals surface area contributed by atoms with Crippen LogP contribution in [0, 0.1) is 18.7 Å². The maximum Gasteiger partial charge on any atom is 0.251 e. The van der Waals surface area contributed by atoms with Gasteiger partial charge in [0.15, 0.2) is 0 Å². The largest absolute Gasteiger partial charge is 0.355 e. The molecular weight excluding hydrogens is 460 g/mol. The van der Waals surface area contributed by atoms with Gasteiger partial charge in [0.25, 0.3) is 5.91 Å². The summed E-state index contributed by atoms with van der Waals surface area (Å²) in [5, 5.41) is 3.04. The van der Waals surface area contributed by atoms with E-state index in [1.165, 1.54) is 18.2 Å². The van der Waals surface area contributed by atoms with Crippen molar-refractivity contribution in [3.63, 3.8) is 0 Å². The van der Waals surface area contributed by atoms with E-state index in [2.05, 4.69) is 32.3 Å². The topological polar surface area (TPSA) is 52.7 Å². The third kappa shape index (κ3) is 8.98. The normalized spacial score (nSPS) is 13.4. The summed E-state index contributed by atoms with van der Waals surface area (Å²) in [6.45, 7) is 5.39. The SMILES string of the molecule is C#C.CNC(=O)c1cc(Cl)ccc1/C=C/C(=O)N1CCN(Cc2ccc(F)cc2)CC1.CP. The average Bonchev–Trinajstić information content (AvgIpc) is 2.87. The van der Waals surface area contributed by atoms with Gasteiger partial charge in [0.2, 0.25) is 5.91 Å². The van der Waals surface area contributed by atoms with Crippen LogP contribution in [0.15, 0.2) is 48.5 Å². The summed E-state index contributed by atoms with van der Waals surface area (Å²) < 4.78 is 13.0. The summed E-state index contributed by atoms with van der Waals surface area (Å²) in [7, 11) is 3.97. The number of rotatable bonds is 5. The van der Waals surface area contributed by atoms with E-state index < -0.39 is 0 Å². The van der Waals surface area contributed by atoms with E-state index in [-0.39, 0.29) is 17.6 Å². The molecule has 0 aliphatic carbocycles. The fourth-order valence-electron chi connectivity index (χ4n) is 3.25. The highest BCUT2D eigenvalue weighted by Gasteiger charge is 2.20. The Bertz CT molecular complexity index is 956. The lowest BCUT2D eigenvalue weighted by molar-refractivity contribution is -0.127. The molecule has 1 atom stereocenters. The molecule has 0 bridgehead atoms. The lowest BCUT2D eigenvalue weighted by Gasteiger charge is -2.34. The number of nitrogens with zero attached hydrogens (tertiary/aromatic N) is 2. The summed E-state index contributed by atoms with van der Waals surface area (Å²) in [6.07, 6.45) is 11.1. The van der Waals surface area contributed by atoms with Crippen molar-refractivity contribution in [1.29, 1.82) is 0 Å². The first-order chi connectivity index (χ1) is 16.0. The molecule has 1 aliphatic rings. The van der Waals surface area contributed by atoms with E-state index in [4.69, 9.17) is 11.6 Å². The summed E-state index contributed by atoms with van der Waals surface area (Å²) in [6, 6.07) is 11.5. The van der Waals surface area contributed by atoms with Gasteiger partial charge in [-0.05, 0) is 41.5 Å². The van der Waals surface area contributed by atoms with Crippen LogP contribution in [-0.2, 0) is 11.3 Å². The van der Waals surface area contributed by atoms with Crippen molar-refractivity contribution < 1.29 is 14.0 Å². The molecule has 1 unspecified atom stereocenters. The first kappa shape index (κ1) is 28.3. The molecule has 0 aromatic heterocycles. The van der Waals surface area contributed by atoms with Gasteiger partial charge in [-0.3, -0.25) is 14.5 Å². The van der Waals surface area contributed by atoms with E-state index in [1.54, 1.807) is 48.4 Å². The van der Waals surface area contributed by atoms with Gasteiger partial charge in [-0.2, -0.15) is 0 Å². The Morgan fingerprint density at radius 3 is 2.27 bits per heavy atom. The molecule has 2 amide bonds. The molecule has 1 aliphatic heterocycles. The highest BCUT2D eigenvalue weighted by atomic mass is 35.5. The van der Waals surface area contributed by atoms with E-state index in [9.17, 15) is 14.0 Å². The minimum atomic E-state index is -0.256. The second-order valence-electron chi connectivity index (χ2n) is 6.87. The van der Waals surface area contributed by atoms with Crippen LogP contribution in [0.2, 0.25) is 5.02 Å². The number of carbonyl (C=O) groups is 2. The number of halogens is 2. The zero-order valence-electron chi connectivity index (χ0n) is 18.9. The molecule has 2 aromatic carbocycles. The lowest BCUT2D eigenvalue weighted by atomic mass is 10.1.